The average Bonchev–Trinajstić information content (AvgIpc) is 3.34. The Morgan fingerprint density at radius 2 is 1.67 bits per heavy atom. The Morgan fingerprint density at radius 1 is 1.00 bits per heavy atom. The average molecular weight is 534 g/mol. The number of ether oxygens (including phenoxy) is 4. The van der Waals surface area contributed by atoms with E-state index in [-0.39, 0.29) is 24.5 Å². The van der Waals surface area contributed by atoms with Gasteiger partial charge in [0.1, 0.15) is 0 Å². The molecule has 2 unspecified atom stereocenters. The third-order valence-corrected chi connectivity index (χ3v) is 7.21. The first-order chi connectivity index (χ1) is 18.6. The number of nitrogens with zero attached hydrogens (tertiary/aromatic N) is 2. The van der Waals surface area contributed by atoms with Crippen LogP contribution in [0, 0.1) is 12.8 Å². The molecule has 0 aliphatic carbocycles. The summed E-state index contributed by atoms with van der Waals surface area (Å²) in [5, 5.41) is 2.95. The number of pyridine rings is 1. The summed E-state index contributed by atoms with van der Waals surface area (Å²) in [6.07, 6.45) is 3.59. The van der Waals surface area contributed by atoms with Crippen LogP contribution < -0.4 is 19.5 Å². The molecule has 0 spiro atoms. The highest BCUT2D eigenvalue weighted by molar-refractivity contribution is 6.06. The number of nitrogens with one attached hydrogen (secondary N) is 1. The molecule has 3 heterocycles. The number of fused-ring (bicyclic) bond motifs is 1. The quantitative estimate of drug-likeness (QED) is 0.418. The molecule has 2 atom stereocenters. The van der Waals surface area contributed by atoms with E-state index in [9.17, 15) is 9.59 Å². The van der Waals surface area contributed by atoms with Gasteiger partial charge < -0.3 is 28.7 Å². The number of dihydropyridines is 1. The first-order valence-electron chi connectivity index (χ1n) is 12.7. The van der Waals surface area contributed by atoms with Crippen LogP contribution in [0.15, 0.2) is 47.1 Å². The summed E-state index contributed by atoms with van der Waals surface area (Å²) in [5.74, 6) is 0.629. The van der Waals surface area contributed by atoms with Crippen molar-refractivity contribution in [3.63, 3.8) is 0 Å². The lowest BCUT2D eigenvalue weighted by atomic mass is 9.95. The molecule has 0 saturated heterocycles. The Morgan fingerprint density at radius 3 is 2.23 bits per heavy atom. The highest BCUT2D eigenvalue weighted by Gasteiger charge is 2.26. The van der Waals surface area contributed by atoms with E-state index in [2.05, 4.69) is 10.3 Å². The van der Waals surface area contributed by atoms with E-state index in [4.69, 9.17) is 18.9 Å². The Bertz CT molecular complexity index is 1480. The summed E-state index contributed by atoms with van der Waals surface area (Å²) in [7, 11) is 6.36. The molecule has 0 fully saturated rings. The summed E-state index contributed by atoms with van der Waals surface area (Å²) in [6, 6.07) is 7.62. The number of allylic oxidation sites excluding steroid dienone is 1. The SMILES string of the molecule is COc1cc(-c2cc3cc(C(=O)NCC4C(=O)N=C(C)C=C4C)c(C)c(C(C)OC)n3c2)cc(OC)c1OC. The third-order valence-electron chi connectivity index (χ3n) is 7.21. The topological polar surface area (TPSA) is 99.9 Å². The van der Waals surface area contributed by atoms with Crippen molar-refractivity contribution >= 4 is 23.0 Å². The fourth-order valence-corrected chi connectivity index (χ4v) is 5.08. The van der Waals surface area contributed by atoms with Crippen LogP contribution in [-0.4, -0.2) is 56.9 Å². The number of benzene rings is 1. The lowest BCUT2D eigenvalue weighted by Gasteiger charge is -2.21. The minimum atomic E-state index is -0.473. The predicted molar refractivity (Wildman–Crippen MR) is 150 cm³/mol. The monoisotopic (exact) mass is 533 g/mol. The van der Waals surface area contributed by atoms with Crippen LogP contribution in [-0.2, 0) is 9.53 Å². The van der Waals surface area contributed by atoms with Crippen LogP contribution in [0.5, 0.6) is 17.2 Å². The fraction of sp³-hybridized carbons (Fsp3) is 0.367. The number of hydrogen-bond donors (Lipinski definition) is 1. The van der Waals surface area contributed by atoms with Gasteiger partial charge in [-0.15, -0.1) is 0 Å². The van der Waals surface area contributed by atoms with Gasteiger partial charge in [-0.3, -0.25) is 9.59 Å². The largest absolute Gasteiger partial charge is 0.493 e. The van der Waals surface area contributed by atoms with Crippen molar-refractivity contribution in [3.05, 3.63) is 58.9 Å². The number of aliphatic imine (C=N–C) groups is 1. The van der Waals surface area contributed by atoms with E-state index in [1.807, 2.05) is 61.7 Å². The number of carbonyl (C=O) groups excluding carboxylic acids is 2. The summed E-state index contributed by atoms with van der Waals surface area (Å²) >= 11 is 0. The number of aromatic nitrogens is 1. The molecule has 2 amide bonds. The Hall–Kier alpha value is -4.11. The van der Waals surface area contributed by atoms with Gasteiger partial charge >= 0.3 is 0 Å². The smallest absolute Gasteiger partial charge is 0.254 e. The first-order valence-corrected chi connectivity index (χ1v) is 12.7. The number of amides is 2. The van der Waals surface area contributed by atoms with E-state index in [1.54, 1.807) is 35.4 Å². The number of hydrogen-bond acceptors (Lipinski definition) is 6. The van der Waals surface area contributed by atoms with E-state index < -0.39 is 5.92 Å². The van der Waals surface area contributed by atoms with Crippen LogP contribution >= 0.6 is 0 Å². The second-order valence-corrected chi connectivity index (χ2v) is 9.63. The molecular weight excluding hydrogens is 498 g/mol. The van der Waals surface area contributed by atoms with Gasteiger partial charge in [-0.05, 0) is 69.2 Å². The van der Waals surface area contributed by atoms with E-state index in [0.29, 0.717) is 28.5 Å². The molecule has 4 rings (SSSR count). The van der Waals surface area contributed by atoms with Gasteiger partial charge in [0.05, 0.1) is 39.0 Å². The third kappa shape index (κ3) is 5.27. The zero-order chi connectivity index (χ0) is 28.4. The molecule has 1 aromatic carbocycles. The first kappa shape index (κ1) is 27.9. The normalized spacial score (nSPS) is 16.0. The van der Waals surface area contributed by atoms with E-state index in [0.717, 1.165) is 33.5 Å². The maximum absolute atomic E-state index is 13.4. The Labute approximate surface area is 228 Å². The van der Waals surface area contributed by atoms with Crippen molar-refractivity contribution in [2.45, 2.75) is 33.8 Å². The van der Waals surface area contributed by atoms with Crippen LogP contribution in [0.1, 0.15) is 48.5 Å². The van der Waals surface area contributed by atoms with Crippen molar-refractivity contribution in [1.29, 1.82) is 0 Å². The second-order valence-electron chi connectivity index (χ2n) is 9.63. The van der Waals surface area contributed by atoms with Crippen molar-refractivity contribution < 1.29 is 28.5 Å². The van der Waals surface area contributed by atoms with E-state index in [1.165, 1.54) is 0 Å². The van der Waals surface area contributed by atoms with Gasteiger partial charge in [0, 0.05) is 42.2 Å². The summed E-state index contributed by atoms with van der Waals surface area (Å²) in [5.41, 5.74) is 6.30. The molecule has 206 valence electrons. The van der Waals surface area contributed by atoms with Crippen LogP contribution in [0.4, 0.5) is 0 Å². The number of carbonyl (C=O) groups is 2. The van der Waals surface area contributed by atoms with Crippen LogP contribution in [0.25, 0.3) is 16.6 Å². The minimum absolute atomic E-state index is 0.175. The minimum Gasteiger partial charge on any atom is -0.493 e. The van der Waals surface area contributed by atoms with Gasteiger partial charge in [0.25, 0.3) is 11.8 Å². The fourth-order valence-electron chi connectivity index (χ4n) is 5.08. The van der Waals surface area contributed by atoms with Gasteiger partial charge in [-0.1, -0.05) is 5.57 Å². The number of methoxy groups -OCH3 is 4. The predicted octanol–water partition coefficient (Wildman–Crippen LogP) is 4.94. The molecule has 39 heavy (non-hydrogen) atoms. The maximum atomic E-state index is 13.4. The highest BCUT2D eigenvalue weighted by Crippen LogP contribution is 2.42. The molecule has 0 radical (unpaired) electrons. The molecule has 2 aromatic heterocycles. The lowest BCUT2D eigenvalue weighted by Crippen LogP contribution is -2.35. The van der Waals surface area contributed by atoms with Crippen molar-refractivity contribution in [3.8, 4) is 28.4 Å². The van der Waals surface area contributed by atoms with Crippen molar-refractivity contribution in [1.82, 2.24) is 9.72 Å². The molecule has 9 heteroatoms. The van der Waals surface area contributed by atoms with Crippen molar-refractivity contribution in [2.24, 2.45) is 10.9 Å². The van der Waals surface area contributed by atoms with Gasteiger partial charge in [0.15, 0.2) is 11.5 Å². The highest BCUT2D eigenvalue weighted by atomic mass is 16.5. The van der Waals surface area contributed by atoms with Crippen molar-refractivity contribution in [2.75, 3.05) is 35.0 Å². The Kier molecular flexibility index (Phi) is 8.11. The standard InChI is InChI=1S/C30H35N3O6/c1-16-9-17(2)32-30(35)24(16)14-31-29(34)23-13-22-10-21(15-33(22)27(18(23)3)19(4)36-5)20-11-25(37-6)28(39-8)26(12-20)38-7/h9-13,15,19,24H,14H2,1-8H3,(H,31,34). The molecule has 3 aromatic rings. The van der Waals surface area contributed by atoms with E-state index >= 15 is 0 Å². The zero-order valence-electron chi connectivity index (χ0n) is 23.7. The van der Waals surface area contributed by atoms with Gasteiger partial charge in [-0.2, -0.15) is 0 Å². The molecule has 9 nitrogen and oxygen atoms in total. The summed E-state index contributed by atoms with van der Waals surface area (Å²) < 4.78 is 24.3. The number of rotatable bonds is 9. The second kappa shape index (κ2) is 11.3. The van der Waals surface area contributed by atoms with Gasteiger partial charge in [0.2, 0.25) is 5.75 Å². The van der Waals surface area contributed by atoms with Crippen LogP contribution in [0.3, 0.4) is 0 Å². The molecule has 1 N–H and O–H groups in total. The molecule has 1 aliphatic heterocycles. The summed E-state index contributed by atoms with van der Waals surface area (Å²) in [4.78, 5) is 29.9. The van der Waals surface area contributed by atoms with Gasteiger partial charge in [-0.25, -0.2) is 4.99 Å². The van der Waals surface area contributed by atoms with Crippen LogP contribution in [0.2, 0.25) is 0 Å². The Balaban J connectivity index is 1.76. The summed E-state index contributed by atoms with van der Waals surface area (Å²) in [6.45, 7) is 7.69. The molecule has 0 saturated carbocycles. The molecular formula is C30H35N3O6. The zero-order valence-corrected chi connectivity index (χ0v) is 23.7. The molecule has 1 aliphatic rings. The lowest BCUT2D eigenvalue weighted by molar-refractivity contribution is -0.120. The maximum Gasteiger partial charge on any atom is 0.254 e. The molecule has 0 bridgehead atoms.